The number of nitrogens with zero attached hydrogens (tertiary/aromatic N) is 2. The Balaban J connectivity index is 1.17. The molecule has 0 radical (unpaired) electrons. The zero-order valence-electron chi connectivity index (χ0n) is 19.5. The van der Waals surface area contributed by atoms with Crippen molar-refractivity contribution in [1.82, 2.24) is 10.2 Å². The van der Waals surface area contributed by atoms with Crippen LogP contribution < -0.4 is 15.0 Å². The fraction of sp³-hybridized carbons (Fsp3) is 0.481. The second kappa shape index (κ2) is 11.3. The molecule has 6 nitrogen and oxygen atoms in total. The molecular weight excluding hydrogens is 414 g/mol. The number of para-hydroxylation sites is 2. The number of hydrogen-bond donors (Lipinski definition) is 1. The van der Waals surface area contributed by atoms with E-state index in [0.717, 1.165) is 32.0 Å². The first-order valence-corrected chi connectivity index (χ1v) is 12.2. The van der Waals surface area contributed by atoms with Gasteiger partial charge in [0, 0.05) is 6.54 Å². The van der Waals surface area contributed by atoms with Gasteiger partial charge in [-0.2, -0.15) is 0 Å². The summed E-state index contributed by atoms with van der Waals surface area (Å²) in [6, 6.07) is 18.2. The highest BCUT2D eigenvalue weighted by molar-refractivity contribution is 6.03. The fourth-order valence-electron chi connectivity index (χ4n) is 4.79. The Bertz CT molecular complexity index is 925. The Hall–Kier alpha value is -2.86. The number of anilines is 1. The summed E-state index contributed by atoms with van der Waals surface area (Å²) in [6.45, 7) is 5.82. The number of benzene rings is 2. The lowest BCUT2D eigenvalue weighted by Crippen LogP contribution is -2.49. The Morgan fingerprint density at radius 2 is 1.79 bits per heavy atom. The van der Waals surface area contributed by atoms with Gasteiger partial charge in [0.2, 0.25) is 5.91 Å². The number of amides is 2. The zero-order valence-corrected chi connectivity index (χ0v) is 19.5. The van der Waals surface area contributed by atoms with E-state index in [1.807, 2.05) is 31.2 Å². The quantitative estimate of drug-likeness (QED) is 0.594. The lowest BCUT2D eigenvalue weighted by atomic mass is 9.90. The topological polar surface area (TPSA) is 61.9 Å². The van der Waals surface area contributed by atoms with Crippen molar-refractivity contribution < 1.29 is 14.3 Å². The summed E-state index contributed by atoms with van der Waals surface area (Å²) in [4.78, 5) is 29.4. The monoisotopic (exact) mass is 449 g/mol. The summed E-state index contributed by atoms with van der Waals surface area (Å²) in [6.07, 6.45) is 4.61. The molecular formula is C27H35N3O3. The van der Waals surface area contributed by atoms with E-state index in [-0.39, 0.29) is 18.4 Å². The van der Waals surface area contributed by atoms with Gasteiger partial charge in [0.1, 0.15) is 12.3 Å². The Morgan fingerprint density at radius 1 is 1.06 bits per heavy atom. The Kier molecular flexibility index (Phi) is 8.00. The molecule has 1 saturated heterocycles. The van der Waals surface area contributed by atoms with Crippen molar-refractivity contribution in [3.05, 3.63) is 60.2 Å². The van der Waals surface area contributed by atoms with Crippen LogP contribution in [0.15, 0.2) is 54.6 Å². The molecule has 176 valence electrons. The number of carbonyl (C=O) groups is 2. The van der Waals surface area contributed by atoms with E-state index in [0.29, 0.717) is 24.4 Å². The number of fused-ring (bicyclic) bond motifs is 1. The Labute approximate surface area is 196 Å². The highest BCUT2D eigenvalue weighted by atomic mass is 16.5. The van der Waals surface area contributed by atoms with Crippen LogP contribution in [0.4, 0.5) is 5.69 Å². The van der Waals surface area contributed by atoms with Crippen LogP contribution in [0, 0.1) is 5.92 Å². The van der Waals surface area contributed by atoms with Gasteiger partial charge in [-0.05, 0) is 75.4 Å². The average Bonchev–Trinajstić information content (AvgIpc) is 2.85. The maximum atomic E-state index is 12.7. The van der Waals surface area contributed by atoms with Crippen molar-refractivity contribution in [1.29, 1.82) is 0 Å². The first-order chi connectivity index (χ1) is 16.1. The minimum atomic E-state index is -0.530. The van der Waals surface area contributed by atoms with Crippen LogP contribution in [0.1, 0.15) is 38.2 Å². The summed E-state index contributed by atoms with van der Waals surface area (Å²) < 4.78 is 5.78. The normalized spacial score (nSPS) is 19.1. The molecule has 6 heteroatoms. The number of carbonyl (C=O) groups excluding carboxylic acids is 2. The molecule has 0 bridgehead atoms. The first kappa shape index (κ1) is 23.3. The largest absolute Gasteiger partial charge is 0.478 e. The van der Waals surface area contributed by atoms with Crippen LogP contribution in [0.5, 0.6) is 5.75 Å². The summed E-state index contributed by atoms with van der Waals surface area (Å²) in [7, 11) is 0. The van der Waals surface area contributed by atoms with Crippen molar-refractivity contribution in [3.8, 4) is 5.75 Å². The lowest BCUT2D eigenvalue weighted by Gasteiger charge is -2.33. The molecule has 1 fully saturated rings. The number of nitrogens with one attached hydrogen (secondary N) is 1. The molecule has 0 unspecified atom stereocenters. The van der Waals surface area contributed by atoms with E-state index in [1.165, 1.54) is 24.8 Å². The smallest absolute Gasteiger partial charge is 0.268 e. The number of rotatable bonds is 9. The number of ether oxygens (including phenoxy) is 1. The summed E-state index contributed by atoms with van der Waals surface area (Å²) in [5, 5.41) is 2.99. The van der Waals surface area contributed by atoms with Gasteiger partial charge in [-0.1, -0.05) is 49.4 Å². The molecule has 33 heavy (non-hydrogen) atoms. The van der Waals surface area contributed by atoms with Crippen molar-refractivity contribution >= 4 is 17.5 Å². The molecule has 2 aliphatic rings. The SMILES string of the molecule is CC[C@@H]1Oc2ccccc2N(CC(=O)NCCCN2CCC(Cc3ccccc3)CC2)C1=O. The van der Waals surface area contributed by atoms with E-state index in [2.05, 4.69) is 40.5 Å². The Morgan fingerprint density at radius 3 is 2.55 bits per heavy atom. The highest BCUT2D eigenvalue weighted by Crippen LogP contribution is 2.34. The molecule has 0 aromatic heterocycles. The summed E-state index contributed by atoms with van der Waals surface area (Å²) in [5.74, 6) is 1.15. The van der Waals surface area contributed by atoms with Crippen LogP contribution in [0.3, 0.4) is 0 Å². The zero-order chi connectivity index (χ0) is 23.0. The number of hydrogen-bond acceptors (Lipinski definition) is 4. The fourth-order valence-corrected chi connectivity index (χ4v) is 4.79. The second-order valence-electron chi connectivity index (χ2n) is 9.09. The molecule has 1 N–H and O–H groups in total. The molecule has 1 atom stereocenters. The second-order valence-corrected chi connectivity index (χ2v) is 9.09. The van der Waals surface area contributed by atoms with Gasteiger partial charge in [0.15, 0.2) is 6.10 Å². The molecule has 0 saturated carbocycles. The van der Waals surface area contributed by atoms with E-state index in [4.69, 9.17) is 4.74 Å². The minimum absolute atomic E-state index is 0.0284. The van der Waals surface area contributed by atoms with Crippen LogP contribution in [-0.4, -0.2) is 55.5 Å². The van der Waals surface area contributed by atoms with E-state index >= 15 is 0 Å². The maximum Gasteiger partial charge on any atom is 0.268 e. The van der Waals surface area contributed by atoms with Crippen molar-refractivity contribution in [2.45, 2.75) is 45.1 Å². The van der Waals surface area contributed by atoms with E-state index in [1.54, 1.807) is 4.90 Å². The van der Waals surface area contributed by atoms with Gasteiger partial charge in [-0.15, -0.1) is 0 Å². The third-order valence-electron chi connectivity index (χ3n) is 6.69. The lowest BCUT2D eigenvalue weighted by molar-refractivity contribution is -0.129. The minimum Gasteiger partial charge on any atom is -0.478 e. The predicted octanol–water partition coefficient (Wildman–Crippen LogP) is 3.65. The first-order valence-electron chi connectivity index (χ1n) is 12.2. The number of likely N-dealkylation sites (tertiary alicyclic amines) is 1. The molecule has 4 rings (SSSR count). The van der Waals surface area contributed by atoms with Gasteiger partial charge in [-0.25, -0.2) is 0 Å². The number of piperidine rings is 1. The highest BCUT2D eigenvalue weighted by Gasteiger charge is 2.34. The summed E-state index contributed by atoms with van der Waals surface area (Å²) in [5.41, 5.74) is 2.10. The molecule has 2 aromatic carbocycles. The van der Waals surface area contributed by atoms with Crippen molar-refractivity contribution in [2.75, 3.05) is 37.6 Å². The van der Waals surface area contributed by atoms with Gasteiger partial charge < -0.3 is 15.0 Å². The van der Waals surface area contributed by atoms with Gasteiger partial charge in [-0.3, -0.25) is 14.5 Å². The standard InChI is InChI=1S/C27H35N3O3/c1-2-24-27(32)30(23-11-6-7-12-25(23)33-24)20-26(31)28-15-8-16-29-17-13-22(14-18-29)19-21-9-4-3-5-10-21/h3-7,9-12,22,24H,2,8,13-20H2,1H3,(H,28,31)/t24-/m0/s1. The van der Waals surface area contributed by atoms with E-state index < -0.39 is 6.10 Å². The molecule has 2 aliphatic heterocycles. The third-order valence-corrected chi connectivity index (χ3v) is 6.69. The maximum absolute atomic E-state index is 12.7. The van der Waals surface area contributed by atoms with Crippen LogP contribution in [0.25, 0.3) is 0 Å². The third kappa shape index (κ3) is 6.14. The molecule has 0 aliphatic carbocycles. The summed E-state index contributed by atoms with van der Waals surface area (Å²) >= 11 is 0. The van der Waals surface area contributed by atoms with Gasteiger partial charge in [0.25, 0.3) is 5.91 Å². The van der Waals surface area contributed by atoms with Crippen molar-refractivity contribution in [3.63, 3.8) is 0 Å². The van der Waals surface area contributed by atoms with Crippen LogP contribution >= 0.6 is 0 Å². The molecule has 2 aromatic rings. The predicted molar refractivity (Wildman–Crippen MR) is 130 cm³/mol. The molecule has 2 heterocycles. The van der Waals surface area contributed by atoms with Crippen molar-refractivity contribution in [2.24, 2.45) is 5.92 Å². The van der Waals surface area contributed by atoms with Gasteiger partial charge >= 0.3 is 0 Å². The van der Waals surface area contributed by atoms with E-state index in [9.17, 15) is 9.59 Å². The average molecular weight is 450 g/mol. The van der Waals surface area contributed by atoms with Gasteiger partial charge in [0.05, 0.1) is 5.69 Å². The molecule has 0 spiro atoms. The van der Waals surface area contributed by atoms with Crippen LogP contribution in [0.2, 0.25) is 0 Å². The molecule has 2 amide bonds. The van der Waals surface area contributed by atoms with Crippen LogP contribution in [-0.2, 0) is 16.0 Å².